The van der Waals surface area contributed by atoms with Crippen molar-refractivity contribution in [2.75, 3.05) is 7.11 Å². The number of aromatic nitrogens is 2. The van der Waals surface area contributed by atoms with E-state index in [-0.39, 0.29) is 23.5 Å². The summed E-state index contributed by atoms with van der Waals surface area (Å²) in [4.78, 5) is 22.5. The number of amides is 1. The average Bonchev–Trinajstić information content (AvgIpc) is 2.97. The van der Waals surface area contributed by atoms with Crippen LogP contribution in [0.25, 0.3) is 0 Å². The van der Waals surface area contributed by atoms with E-state index in [4.69, 9.17) is 4.74 Å². The molecule has 0 aliphatic carbocycles. The summed E-state index contributed by atoms with van der Waals surface area (Å²) in [5.74, 6) is -0.426. The lowest BCUT2D eigenvalue weighted by Gasteiger charge is -2.09. The fraction of sp³-hybridized carbons (Fsp3) is 0.167. The van der Waals surface area contributed by atoms with Gasteiger partial charge < -0.3 is 10.1 Å². The first-order valence-electron chi connectivity index (χ1n) is 5.71. The Balaban J connectivity index is 2.25. The highest BCUT2D eigenvalue weighted by Crippen LogP contribution is 2.27. The molecule has 8 nitrogen and oxygen atoms in total. The lowest BCUT2D eigenvalue weighted by Crippen LogP contribution is -2.24. The second kappa shape index (κ2) is 5.83. The van der Waals surface area contributed by atoms with Crippen LogP contribution in [0.5, 0.6) is 5.75 Å². The van der Waals surface area contributed by atoms with Crippen molar-refractivity contribution in [1.29, 1.82) is 0 Å². The van der Waals surface area contributed by atoms with E-state index >= 15 is 0 Å². The zero-order valence-corrected chi connectivity index (χ0v) is 10.6. The molecule has 104 valence electrons. The van der Waals surface area contributed by atoms with Crippen LogP contribution in [0.1, 0.15) is 16.1 Å². The molecule has 20 heavy (non-hydrogen) atoms. The molecule has 1 aromatic heterocycles. The third-order valence-corrected chi connectivity index (χ3v) is 2.65. The Bertz CT molecular complexity index is 624. The molecule has 1 amide bonds. The maximum absolute atomic E-state index is 12.1. The molecule has 0 fully saturated rings. The molecule has 1 aromatic carbocycles. The van der Waals surface area contributed by atoms with Gasteiger partial charge in [0.25, 0.3) is 11.6 Å². The van der Waals surface area contributed by atoms with Gasteiger partial charge in [-0.15, -0.1) is 0 Å². The Morgan fingerprint density at radius 3 is 2.90 bits per heavy atom. The normalized spacial score (nSPS) is 10.1. The summed E-state index contributed by atoms with van der Waals surface area (Å²) in [6.45, 7) is 0.189. The number of carbonyl (C=O) groups excluding carboxylic acids is 1. The number of nitrogens with zero attached hydrogens (tertiary/aromatic N) is 2. The van der Waals surface area contributed by atoms with Gasteiger partial charge in [0.15, 0.2) is 5.56 Å². The van der Waals surface area contributed by atoms with Crippen molar-refractivity contribution in [1.82, 2.24) is 15.5 Å². The molecule has 0 saturated carbocycles. The Morgan fingerprint density at radius 2 is 2.30 bits per heavy atom. The van der Waals surface area contributed by atoms with Gasteiger partial charge in [-0.2, -0.15) is 5.10 Å². The molecule has 2 N–H and O–H groups in total. The number of nitrogens with one attached hydrogen (secondary N) is 2. The van der Waals surface area contributed by atoms with E-state index in [0.717, 1.165) is 0 Å². The fourth-order valence-electron chi connectivity index (χ4n) is 1.72. The lowest BCUT2D eigenvalue weighted by atomic mass is 10.1. The number of hydrogen-bond acceptors (Lipinski definition) is 5. The van der Waals surface area contributed by atoms with E-state index in [2.05, 4.69) is 15.5 Å². The summed E-state index contributed by atoms with van der Waals surface area (Å²) in [7, 11) is 1.35. The summed E-state index contributed by atoms with van der Waals surface area (Å²) >= 11 is 0. The molecule has 2 rings (SSSR count). The van der Waals surface area contributed by atoms with Crippen molar-refractivity contribution in [2.45, 2.75) is 6.54 Å². The van der Waals surface area contributed by atoms with Crippen molar-refractivity contribution in [3.63, 3.8) is 0 Å². The minimum Gasteiger partial charge on any atom is -0.496 e. The van der Waals surface area contributed by atoms with Crippen molar-refractivity contribution >= 4 is 11.6 Å². The summed E-state index contributed by atoms with van der Waals surface area (Å²) < 4.78 is 5.01. The molecule has 0 spiro atoms. The number of ether oxygens (including phenoxy) is 1. The largest absolute Gasteiger partial charge is 0.496 e. The van der Waals surface area contributed by atoms with Gasteiger partial charge in [0.1, 0.15) is 5.75 Å². The summed E-state index contributed by atoms with van der Waals surface area (Å²) in [5.41, 5.74) is 0.293. The Morgan fingerprint density at radius 1 is 1.50 bits per heavy atom. The molecule has 0 unspecified atom stereocenters. The first kappa shape index (κ1) is 13.5. The molecule has 1 heterocycles. The topological polar surface area (TPSA) is 110 Å². The molecule has 0 atom stereocenters. The third-order valence-electron chi connectivity index (χ3n) is 2.65. The van der Waals surface area contributed by atoms with Crippen molar-refractivity contribution in [3.8, 4) is 5.75 Å². The maximum atomic E-state index is 12.1. The third kappa shape index (κ3) is 2.74. The van der Waals surface area contributed by atoms with Gasteiger partial charge in [0, 0.05) is 12.3 Å². The molecule has 0 radical (unpaired) electrons. The highest BCUT2D eigenvalue weighted by atomic mass is 16.6. The molecule has 8 heteroatoms. The van der Waals surface area contributed by atoms with Gasteiger partial charge in [0.05, 0.1) is 24.3 Å². The predicted octanol–water partition coefficient (Wildman–Crippen LogP) is 1.26. The van der Waals surface area contributed by atoms with Gasteiger partial charge in [-0.25, -0.2) is 0 Å². The number of rotatable bonds is 5. The standard InChI is InChI=1S/C12H12N4O4/c1-20-10-4-2-3-9(16(18)19)11(10)12(17)13-7-8-5-6-14-15-8/h2-6H,7H2,1H3,(H,13,17)(H,14,15). The van der Waals surface area contributed by atoms with E-state index in [1.807, 2.05) is 0 Å². The van der Waals surface area contributed by atoms with Gasteiger partial charge in [0.2, 0.25) is 0 Å². The van der Waals surface area contributed by atoms with Crippen LogP contribution in [0.15, 0.2) is 30.5 Å². The quantitative estimate of drug-likeness (QED) is 0.631. The van der Waals surface area contributed by atoms with E-state index < -0.39 is 10.8 Å². The van der Waals surface area contributed by atoms with Gasteiger partial charge in [-0.05, 0) is 12.1 Å². The van der Waals surface area contributed by atoms with E-state index in [0.29, 0.717) is 5.69 Å². The second-order valence-corrected chi connectivity index (χ2v) is 3.88. The number of H-pyrrole nitrogens is 1. The highest BCUT2D eigenvalue weighted by molar-refractivity contribution is 6.00. The summed E-state index contributed by atoms with van der Waals surface area (Å²) in [6.07, 6.45) is 1.55. The lowest BCUT2D eigenvalue weighted by molar-refractivity contribution is -0.385. The van der Waals surface area contributed by atoms with Crippen LogP contribution in [0.2, 0.25) is 0 Å². The zero-order chi connectivity index (χ0) is 14.5. The average molecular weight is 276 g/mol. The Hall–Kier alpha value is -2.90. The molecule has 0 aliphatic heterocycles. The monoisotopic (exact) mass is 276 g/mol. The van der Waals surface area contributed by atoms with Gasteiger partial charge in [-0.1, -0.05) is 6.07 Å². The number of benzene rings is 1. The van der Waals surface area contributed by atoms with E-state index in [1.54, 1.807) is 12.3 Å². The predicted molar refractivity (Wildman–Crippen MR) is 69.4 cm³/mol. The Labute approximate surface area is 113 Å². The number of methoxy groups -OCH3 is 1. The Kier molecular flexibility index (Phi) is 3.94. The highest BCUT2D eigenvalue weighted by Gasteiger charge is 2.24. The zero-order valence-electron chi connectivity index (χ0n) is 10.6. The van der Waals surface area contributed by atoms with Crippen LogP contribution < -0.4 is 10.1 Å². The van der Waals surface area contributed by atoms with Crippen LogP contribution in [-0.4, -0.2) is 28.1 Å². The summed E-state index contributed by atoms with van der Waals surface area (Å²) in [5, 5.41) is 20.0. The number of aromatic amines is 1. The second-order valence-electron chi connectivity index (χ2n) is 3.88. The smallest absolute Gasteiger partial charge is 0.285 e. The number of carbonyl (C=O) groups is 1. The van der Waals surface area contributed by atoms with Crippen molar-refractivity contribution in [2.24, 2.45) is 0 Å². The molecule has 2 aromatic rings. The first-order chi connectivity index (χ1) is 9.63. The van der Waals surface area contributed by atoms with Gasteiger partial charge >= 0.3 is 0 Å². The van der Waals surface area contributed by atoms with Crippen molar-refractivity contribution < 1.29 is 14.5 Å². The van der Waals surface area contributed by atoms with Crippen LogP contribution in [0.4, 0.5) is 5.69 Å². The van der Waals surface area contributed by atoms with E-state index in [9.17, 15) is 14.9 Å². The number of hydrogen-bond donors (Lipinski definition) is 2. The fourth-order valence-corrected chi connectivity index (χ4v) is 1.72. The minimum atomic E-state index is -0.617. The number of nitro benzene ring substituents is 1. The SMILES string of the molecule is COc1cccc([N+](=O)[O-])c1C(=O)NCc1ccn[nH]1. The van der Waals surface area contributed by atoms with Crippen LogP contribution >= 0.6 is 0 Å². The molecule has 0 bridgehead atoms. The molecular weight excluding hydrogens is 264 g/mol. The van der Waals surface area contributed by atoms with Crippen LogP contribution in [0.3, 0.4) is 0 Å². The van der Waals surface area contributed by atoms with Crippen LogP contribution in [0, 0.1) is 10.1 Å². The number of nitro groups is 1. The minimum absolute atomic E-state index is 0.0977. The molecular formula is C12H12N4O4. The first-order valence-corrected chi connectivity index (χ1v) is 5.71. The van der Waals surface area contributed by atoms with E-state index in [1.165, 1.54) is 25.3 Å². The molecule has 0 aliphatic rings. The van der Waals surface area contributed by atoms with Gasteiger partial charge in [-0.3, -0.25) is 20.0 Å². The van der Waals surface area contributed by atoms with Crippen molar-refractivity contribution in [3.05, 3.63) is 51.8 Å². The molecule has 0 saturated heterocycles. The maximum Gasteiger partial charge on any atom is 0.285 e. The van der Waals surface area contributed by atoms with Crippen LogP contribution in [-0.2, 0) is 6.54 Å². The summed E-state index contributed by atoms with van der Waals surface area (Å²) in [6, 6.07) is 5.91.